The number of methoxy groups -OCH3 is 1. The van der Waals surface area contributed by atoms with E-state index in [1.807, 2.05) is 6.92 Å². The summed E-state index contributed by atoms with van der Waals surface area (Å²) in [7, 11) is 1.32. The lowest BCUT2D eigenvalue weighted by Crippen LogP contribution is -2.24. The van der Waals surface area contributed by atoms with Crippen LogP contribution >= 0.6 is 11.3 Å². The summed E-state index contributed by atoms with van der Waals surface area (Å²) < 4.78 is 9.74. The average Bonchev–Trinajstić information content (AvgIpc) is 2.87. The van der Waals surface area contributed by atoms with Gasteiger partial charge < -0.3 is 14.8 Å². The zero-order valence-corrected chi connectivity index (χ0v) is 11.3. The van der Waals surface area contributed by atoms with Crippen LogP contribution in [0.3, 0.4) is 0 Å². The van der Waals surface area contributed by atoms with Crippen LogP contribution in [0.15, 0.2) is 12.1 Å². The van der Waals surface area contributed by atoms with E-state index in [1.54, 1.807) is 12.1 Å². The van der Waals surface area contributed by atoms with Gasteiger partial charge in [-0.05, 0) is 25.5 Å². The predicted octanol–water partition coefficient (Wildman–Crippen LogP) is 1.69. The summed E-state index contributed by atoms with van der Waals surface area (Å²) in [5.74, 6) is -0.595. The van der Waals surface area contributed by atoms with E-state index in [2.05, 4.69) is 10.1 Å². The topological polar surface area (TPSA) is 64.6 Å². The van der Waals surface area contributed by atoms with Crippen LogP contribution in [0.5, 0.6) is 0 Å². The molecule has 1 rings (SSSR count). The Labute approximate surface area is 110 Å². The number of thiophene rings is 1. The normalized spacial score (nSPS) is 10.1. The lowest BCUT2D eigenvalue weighted by Gasteiger charge is -2.03. The molecule has 0 unspecified atom stereocenters. The first kappa shape index (κ1) is 14.7. The molecule has 1 aromatic heterocycles. The Balaban J connectivity index is 2.37. The van der Waals surface area contributed by atoms with Gasteiger partial charge in [-0.15, -0.1) is 11.3 Å². The van der Waals surface area contributed by atoms with Crippen molar-refractivity contribution in [2.45, 2.75) is 13.3 Å². The van der Waals surface area contributed by atoms with Gasteiger partial charge >= 0.3 is 5.97 Å². The van der Waals surface area contributed by atoms with Gasteiger partial charge in [-0.2, -0.15) is 0 Å². The van der Waals surface area contributed by atoms with Crippen LogP contribution in [0, 0.1) is 0 Å². The summed E-state index contributed by atoms with van der Waals surface area (Å²) in [6.07, 6.45) is 0.773. The fourth-order valence-electron chi connectivity index (χ4n) is 1.28. The monoisotopic (exact) mass is 271 g/mol. The van der Waals surface area contributed by atoms with Gasteiger partial charge in [-0.3, -0.25) is 4.79 Å². The third-order valence-electron chi connectivity index (χ3n) is 2.17. The molecule has 0 spiro atoms. The zero-order valence-electron chi connectivity index (χ0n) is 10.5. The van der Waals surface area contributed by atoms with Gasteiger partial charge in [0.15, 0.2) is 0 Å². The number of nitrogens with one attached hydrogen (secondary N) is 1. The number of ether oxygens (including phenoxy) is 2. The molecule has 1 heterocycles. The second-order valence-electron chi connectivity index (χ2n) is 3.46. The summed E-state index contributed by atoms with van der Waals surface area (Å²) in [5, 5.41) is 2.77. The first-order valence-electron chi connectivity index (χ1n) is 5.73. The summed E-state index contributed by atoms with van der Waals surface area (Å²) in [6, 6.07) is 3.21. The quantitative estimate of drug-likeness (QED) is 0.605. The highest BCUT2D eigenvalue weighted by Crippen LogP contribution is 2.17. The van der Waals surface area contributed by atoms with Crippen molar-refractivity contribution in [1.29, 1.82) is 0 Å². The number of carbonyl (C=O) groups excluding carboxylic acids is 2. The van der Waals surface area contributed by atoms with Crippen molar-refractivity contribution < 1.29 is 19.1 Å². The summed E-state index contributed by atoms with van der Waals surface area (Å²) in [5.41, 5.74) is 0. The number of carbonyl (C=O) groups is 2. The standard InChI is InChI=1S/C12H17NO4S/c1-3-17-8-4-7-13-11(14)9-5-6-10(18-9)12(15)16-2/h5-6H,3-4,7-8H2,1-2H3,(H,13,14). The van der Waals surface area contributed by atoms with Crippen molar-refractivity contribution in [3.63, 3.8) is 0 Å². The Hall–Kier alpha value is -1.40. The fraction of sp³-hybridized carbons (Fsp3) is 0.500. The van der Waals surface area contributed by atoms with E-state index < -0.39 is 5.97 Å². The van der Waals surface area contributed by atoms with Crippen LogP contribution in [0.25, 0.3) is 0 Å². The van der Waals surface area contributed by atoms with Crippen molar-refractivity contribution in [1.82, 2.24) is 5.32 Å². The van der Waals surface area contributed by atoms with E-state index in [1.165, 1.54) is 7.11 Å². The molecule has 0 radical (unpaired) electrons. The van der Waals surface area contributed by atoms with E-state index in [0.717, 1.165) is 17.8 Å². The fourth-order valence-corrected chi connectivity index (χ4v) is 2.12. The SMILES string of the molecule is CCOCCCNC(=O)c1ccc(C(=O)OC)s1. The lowest BCUT2D eigenvalue weighted by molar-refractivity contribution is 0.0606. The minimum Gasteiger partial charge on any atom is -0.465 e. The molecule has 0 bridgehead atoms. The maximum Gasteiger partial charge on any atom is 0.348 e. The van der Waals surface area contributed by atoms with Crippen LogP contribution in [0.4, 0.5) is 0 Å². The Morgan fingerprint density at radius 3 is 2.72 bits per heavy atom. The Morgan fingerprint density at radius 1 is 1.33 bits per heavy atom. The molecule has 0 saturated heterocycles. The van der Waals surface area contributed by atoms with Crippen molar-refractivity contribution in [3.8, 4) is 0 Å². The third kappa shape index (κ3) is 4.46. The molecule has 0 aromatic carbocycles. The highest BCUT2D eigenvalue weighted by Gasteiger charge is 2.13. The first-order valence-corrected chi connectivity index (χ1v) is 6.54. The zero-order chi connectivity index (χ0) is 13.4. The Bertz CT molecular complexity index is 403. The summed E-state index contributed by atoms with van der Waals surface area (Å²) in [4.78, 5) is 23.9. The molecular formula is C12H17NO4S. The van der Waals surface area contributed by atoms with Crippen LogP contribution in [-0.4, -0.2) is 38.7 Å². The minimum absolute atomic E-state index is 0.174. The molecule has 5 nitrogen and oxygen atoms in total. The van der Waals surface area contributed by atoms with E-state index in [9.17, 15) is 9.59 Å². The molecule has 0 saturated carbocycles. The second kappa shape index (κ2) is 7.84. The maximum atomic E-state index is 11.7. The van der Waals surface area contributed by atoms with Gasteiger partial charge in [-0.25, -0.2) is 4.79 Å². The maximum absolute atomic E-state index is 11.7. The predicted molar refractivity (Wildman–Crippen MR) is 69.1 cm³/mol. The van der Waals surface area contributed by atoms with Crippen molar-refractivity contribution >= 4 is 23.2 Å². The molecular weight excluding hydrogens is 254 g/mol. The van der Waals surface area contributed by atoms with Crippen molar-refractivity contribution in [2.75, 3.05) is 26.9 Å². The van der Waals surface area contributed by atoms with Crippen LogP contribution in [-0.2, 0) is 9.47 Å². The van der Waals surface area contributed by atoms with E-state index in [0.29, 0.717) is 29.5 Å². The summed E-state index contributed by atoms with van der Waals surface area (Å²) >= 11 is 1.12. The van der Waals surface area contributed by atoms with Gasteiger partial charge in [0.2, 0.25) is 0 Å². The Kier molecular flexibility index (Phi) is 6.38. The number of esters is 1. The molecule has 0 fully saturated rings. The summed E-state index contributed by atoms with van der Waals surface area (Å²) in [6.45, 7) is 3.80. The molecule has 0 atom stereocenters. The lowest BCUT2D eigenvalue weighted by atomic mass is 10.4. The van der Waals surface area contributed by atoms with Gasteiger partial charge in [0.05, 0.1) is 12.0 Å². The molecule has 18 heavy (non-hydrogen) atoms. The molecule has 1 N–H and O–H groups in total. The van der Waals surface area contributed by atoms with Crippen molar-refractivity contribution in [2.24, 2.45) is 0 Å². The molecule has 6 heteroatoms. The van der Waals surface area contributed by atoms with Gasteiger partial charge in [0.1, 0.15) is 4.88 Å². The molecule has 100 valence electrons. The molecule has 0 aliphatic heterocycles. The smallest absolute Gasteiger partial charge is 0.348 e. The minimum atomic E-state index is -0.421. The number of rotatable bonds is 7. The highest BCUT2D eigenvalue weighted by molar-refractivity contribution is 7.15. The highest BCUT2D eigenvalue weighted by atomic mass is 32.1. The molecule has 0 aliphatic rings. The van der Waals surface area contributed by atoms with Gasteiger partial charge in [0.25, 0.3) is 5.91 Å². The van der Waals surface area contributed by atoms with Crippen molar-refractivity contribution in [3.05, 3.63) is 21.9 Å². The molecule has 0 aliphatic carbocycles. The average molecular weight is 271 g/mol. The van der Waals surface area contributed by atoms with Crippen LogP contribution in [0.1, 0.15) is 32.7 Å². The largest absolute Gasteiger partial charge is 0.465 e. The van der Waals surface area contributed by atoms with E-state index in [4.69, 9.17) is 4.74 Å². The molecule has 1 amide bonds. The second-order valence-corrected chi connectivity index (χ2v) is 4.55. The first-order chi connectivity index (χ1) is 8.69. The van der Waals surface area contributed by atoms with Gasteiger partial charge in [0, 0.05) is 19.8 Å². The third-order valence-corrected chi connectivity index (χ3v) is 3.24. The van der Waals surface area contributed by atoms with E-state index >= 15 is 0 Å². The number of hydrogen-bond acceptors (Lipinski definition) is 5. The van der Waals surface area contributed by atoms with Crippen LogP contribution < -0.4 is 5.32 Å². The Morgan fingerprint density at radius 2 is 2.06 bits per heavy atom. The van der Waals surface area contributed by atoms with Gasteiger partial charge in [-0.1, -0.05) is 0 Å². The van der Waals surface area contributed by atoms with E-state index in [-0.39, 0.29) is 5.91 Å². The molecule has 1 aromatic rings. The number of amides is 1. The van der Waals surface area contributed by atoms with Crippen LogP contribution in [0.2, 0.25) is 0 Å². The number of hydrogen-bond donors (Lipinski definition) is 1.